The number of rotatable bonds is 8. The quantitative estimate of drug-likeness (QED) is 0.314. The fourth-order valence-corrected chi connectivity index (χ4v) is 6.02. The van der Waals surface area contributed by atoms with E-state index in [1.165, 1.54) is 12.1 Å². The van der Waals surface area contributed by atoms with Crippen molar-refractivity contribution in [3.8, 4) is 11.3 Å². The number of thiazole rings is 1. The molecule has 0 aliphatic carbocycles. The molecule has 1 fully saturated rings. The van der Waals surface area contributed by atoms with Crippen LogP contribution in [0.4, 0.5) is 21.0 Å². The molecule has 0 N–H and O–H groups in total. The minimum atomic E-state index is -0.250. The summed E-state index contributed by atoms with van der Waals surface area (Å²) >= 11 is 1.64. The van der Waals surface area contributed by atoms with E-state index in [2.05, 4.69) is 58.2 Å². The molecule has 10 heteroatoms. The number of likely N-dealkylation sites (N-methyl/N-ethyl adjacent to an activating group) is 1. The minimum absolute atomic E-state index is 0.139. The predicted octanol–water partition coefficient (Wildman–Crippen LogP) is 4.84. The van der Waals surface area contributed by atoms with Crippen molar-refractivity contribution in [2.75, 3.05) is 63.2 Å². The maximum atomic E-state index is 13.5. The monoisotopic (exact) mass is 549 g/mol. The molecule has 1 saturated heterocycles. The topological polar surface area (TPSA) is 60.2 Å². The summed E-state index contributed by atoms with van der Waals surface area (Å²) in [5, 5.41) is 0.899. The van der Waals surface area contributed by atoms with Crippen molar-refractivity contribution in [2.24, 2.45) is 0 Å². The summed E-state index contributed by atoms with van der Waals surface area (Å²) in [6.07, 6.45) is 2.98. The second kappa shape index (κ2) is 11.3. The third kappa shape index (κ3) is 5.49. The van der Waals surface area contributed by atoms with Gasteiger partial charge >= 0.3 is 0 Å². The van der Waals surface area contributed by atoms with Gasteiger partial charge in [-0.1, -0.05) is 6.92 Å². The van der Waals surface area contributed by atoms with Crippen LogP contribution in [0.5, 0.6) is 0 Å². The van der Waals surface area contributed by atoms with Gasteiger partial charge in [0, 0.05) is 63.5 Å². The first-order valence-corrected chi connectivity index (χ1v) is 14.3. The average Bonchev–Trinajstić information content (AvgIpc) is 3.50. The summed E-state index contributed by atoms with van der Waals surface area (Å²) in [6.45, 7) is 10.9. The minimum Gasteiger partial charge on any atom is -0.368 e. The molecule has 4 aromatic rings. The Morgan fingerprint density at radius 1 is 1.03 bits per heavy atom. The number of carbonyl (C=O) groups is 1. The molecule has 1 aliphatic rings. The van der Waals surface area contributed by atoms with Crippen molar-refractivity contribution in [3.63, 3.8) is 0 Å². The smallest absolute Gasteiger partial charge is 0.236 e. The van der Waals surface area contributed by atoms with Gasteiger partial charge in [0.15, 0.2) is 5.13 Å². The van der Waals surface area contributed by atoms with Gasteiger partial charge in [-0.3, -0.25) is 14.1 Å². The van der Waals surface area contributed by atoms with E-state index < -0.39 is 0 Å². The number of aryl methyl sites for hydroxylation is 2. The molecular formula is C29H36FN7OS. The van der Waals surface area contributed by atoms with E-state index in [-0.39, 0.29) is 11.7 Å². The Hall–Kier alpha value is -3.50. The molecule has 0 unspecified atom stereocenters. The highest BCUT2D eigenvalue weighted by Gasteiger charge is 2.24. The number of anilines is 3. The van der Waals surface area contributed by atoms with Crippen molar-refractivity contribution in [1.82, 2.24) is 24.2 Å². The first kappa shape index (κ1) is 27.1. The number of pyridine rings is 1. The van der Waals surface area contributed by atoms with Crippen LogP contribution in [0.25, 0.3) is 16.9 Å². The zero-order chi connectivity index (χ0) is 27.7. The van der Waals surface area contributed by atoms with Gasteiger partial charge in [-0.2, -0.15) is 0 Å². The van der Waals surface area contributed by atoms with Gasteiger partial charge in [0.05, 0.1) is 23.6 Å². The molecular weight excluding hydrogens is 513 g/mol. The second-order valence-electron chi connectivity index (χ2n) is 10.1. The maximum absolute atomic E-state index is 13.5. The van der Waals surface area contributed by atoms with Gasteiger partial charge in [0.1, 0.15) is 17.3 Å². The number of piperazine rings is 1. The third-order valence-corrected chi connectivity index (χ3v) is 8.28. The van der Waals surface area contributed by atoms with E-state index in [0.717, 1.165) is 83.3 Å². The summed E-state index contributed by atoms with van der Waals surface area (Å²) < 4.78 is 15.7. The number of carbonyl (C=O) groups excluding carboxylic acids is 1. The lowest BCUT2D eigenvalue weighted by Crippen LogP contribution is -2.49. The highest BCUT2D eigenvalue weighted by Crippen LogP contribution is 2.38. The third-order valence-electron chi connectivity index (χ3n) is 7.28. The van der Waals surface area contributed by atoms with Crippen molar-refractivity contribution in [3.05, 3.63) is 59.0 Å². The number of nitrogens with zero attached hydrogens (tertiary/aromatic N) is 7. The number of halogens is 1. The fourth-order valence-electron chi connectivity index (χ4n) is 5.03. The highest BCUT2D eigenvalue weighted by atomic mass is 32.1. The Kier molecular flexibility index (Phi) is 7.86. The van der Waals surface area contributed by atoms with Crippen LogP contribution in [-0.2, 0) is 11.2 Å². The summed E-state index contributed by atoms with van der Waals surface area (Å²) in [6, 6.07) is 10.8. The summed E-state index contributed by atoms with van der Waals surface area (Å²) in [7, 11) is 3.61. The normalized spacial score (nSPS) is 14.3. The largest absolute Gasteiger partial charge is 0.368 e. The van der Waals surface area contributed by atoms with Crippen molar-refractivity contribution < 1.29 is 9.18 Å². The molecule has 0 bridgehead atoms. The van der Waals surface area contributed by atoms with Gasteiger partial charge in [-0.05, 0) is 56.7 Å². The average molecular weight is 550 g/mol. The molecule has 206 valence electrons. The molecule has 0 spiro atoms. The molecule has 0 atom stereocenters. The van der Waals surface area contributed by atoms with Crippen LogP contribution in [0.3, 0.4) is 0 Å². The SMILES string of the molecule is CCc1nc2ccc(N3CCN(CC(=O)N(C)C)CC3)cn2c1N(CC)c1nc(-c2ccc(F)cc2)c(C)s1. The Labute approximate surface area is 233 Å². The first-order chi connectivity index (χ1) is 18.8. The van der Waals surface area contributed by atoms with E-state index in [0.29, 0.717) is 6.54 Å². The summed E-state index contributed by atoms with van der Waals surface area (Å²) in [5.74, 6) is 0.922. The molecule has 4 heterocycles. The second-order valence-corrected chi connectivity index (χ2v) is 11.2. The fraction of sp³-hybridized carbons (Fsp3) is 0.414. The van der Waals surface area contributed by atoms with E-state index in [1.807, 2.05) is 0 Å². The standard InChI is InChI=1S/C29H36FN7OS/c1-6-24-28(36(7-2)29-32-27(20(3)39-29)21-8-10-22(30)11-9-21)37-18-23(12-13-25(37)31-24)35-16-14-34(15-17-35)19-26(38)33(4)5/h8-13,18H,6-7,14-17,19H2,1-5H3. The number of imidazole rings is 1. The Balaban J connectivity index is 1.45. The molecule has 1 amide bonds. The number of fused-ring (bicyclic) bond motifs is 1. The van der Waals surface area contributed by atoms with Crippen LogP contribution < -0.4 is 9.80 Å². The first-order valence-electron chi connectivity index (χ1n) is 13.5. The van der Waals surface area contributed by atoms with Crippen molar-refractivity contribution in [2.45, 2.75) is 27.2 Å². The van der Waals surface area contributed by atoms with Crippen LogP contribution in [0.2, 0.25) is 0 Å². The van der Waals surface area contributed by atoms with Gasteiger partial charge in [-0.15, -0.1) is 11.3 Å². The number of aromatic nitrogens is 3. The molecule has 0 saturated carbocycles. The van der Waals surface area contributed by atoms with Gasteiger partial charge in [-0.25, -0.2) is 14.4 Å². The van der Waals surface area contributed by atoms with Crippen LogP contribution >= 0.6 is 11.3 Å². The maximum Gasteiger partial charge on any atom is 0.236 e. The number of benzene rings is 1. The Morgan fingerprint density at radius 2 is 1.74 bits per heavy atom. The van der Waals surface area contributed by atoms with Crippen molar-refractivity contribution in [1.29, 1.82) is 0 Å². The van der Waals surface area contributed by atoms with Crippen LogP contribution in [0.15, 0.2) is 42.6 Å². The van der Waals surface area contributed by atoms with Gasteiger partial charge in [0.2, 0.25) is 5.91 Å². The number of hydrogen-bond acceptors (Lipinski definition) is 7. The van der Waals surface area contributed by atoms with E-state index in [9.17, 15) is 9.18 Å². The van der Waals surface area contributed by atoms with E-state index in [4.69, 9.17) is 9.97 Å². The Bertz CT molecular complexity index is 1450. The molecule has 39 heavy (non-hydrogen) atoms. The summed E-state index contributed by atoms with van der Waals surface area (Å²) in [4.78, 5) is 31.7. The molecule has 8 nitrogen and oxygen atoms in total. The molecule has 1 aliphatic heterocycles. The van der Waals surface area contributed by atoms with E-state index >= 15 is 0 Å². The number of hydrogen-bond donors (Lipinski definition) is 0. The van der Waals surface area contributed by atoms with Crippen LogP contribution in [0.1, 0.15) is 24.4 Å². The highest BCUT2D eigenvalue weighted by molar-refractivity contribution is 7.16. The molecule has 5 rings (SSSR count). The Morgan fingerprint density at radius 3 is 2.38 bits per heavy atom. The zero-order valence-corrected chi connectivity index (χ0v) is 24.1. The number of amides is 1. The predicted molar refractivity (Wildman–Crippen MR) is 157 cm³/mol. The molecule has 3 aromatic heterocycles. The summed E-state index contributed by atoms with van der Waals surface area (Å²) in [5.41, 5.74) is 4.87. The lowest BCUT2D eigenvalue weighted by atomic mass is 10.1. The van der Waals surface area contributed by atoms with Crippen LogP contribution in [-0.4, -0.2) is 83.4 Å². The van der Waals surface area contributed by atoms with Crippen LogP contribution in [0, 0.1) is 12.7 Å². The van der Waals surface area contributed by atoms with Crippen molar-refractivity contribution >= 4 is 39.5 Å². The lowest BCUT2D eigenvalue weighted by Gasteiger charge is -2.36. The van der Waals surface area contributed by atoms with Gasteiger partial charge in [0.25, 0.3) is 0 Å². The zero-order valence-electron chi connectivity index (χ0n) is 23.3. The molecule has 1 aromatic carbocycles. The van der Waals surface area contributed by atoms with E-state index in [1.54, 1.807) is 42.5 Å². The molecule has 0 radical (unpaired) electrons. The van der Waals surface area contributed by atoms with Gasteiger partial charge < -0.3 is 14.7 Å². The lowest BCUT2D eigenvalue weighted by molar-refractivity contribution is -0.129.